The summed E-state index contributed by atoms with van der Waals surface area (Å²) in [4.78, 5) is 14.6. The van der Waals surface area contributed by atoms with Crippen molar-refractivity contribution in [3.05, 3.63) is 28.8 Å². The van der Waals surface area contributed by atoms with E-state index in [9.17, 15) is 4.79 Å². The molecule has 1 fully saturated rings. The van der Waals surface area contributed by atoms with Crippen molar-refractivity contribution in [2.24, 2.45) is 11.8 Å². The first-order valence-electron chi connectivity index (χ1n) is 6.76. The molecule has 4 heteroatoms. The van der Waals surface area contributed by atoms with Crippen molar-refractivity contribution in [1.82, 2.24) is 4.90 Å². The molecule has 0 saturated carbocycles. The summed E-state index contributed by atoms with van der Waals surface area (Å²) in [6, 6.07) is 5.30. The van der Waals surface area contributed by atoms with Crippen LogP contribution in [0.1, 0.15) is 37.6 Å². The van der Waals surface area contributed by atoms with E-state index in [1.807, 2.05) is 4.90 Å². The maximum absolute atomic E-state index is 12.7. The van der Waals surface area contributed by atoms with E-state index in [2.05, 4.69) is 20.8 Å². The van der Waals surface area contributed by atoms with Crippen LogP contribution in [0.15, 0.2) is 18.2 Å². The van der Waals surface area contributed by atoms with E-state index >= 15 is 0 Å². The average Bonchev–Trinajstić information content (AvgIpc) is 2.36. The minimum absolute atomic E-state index is 0.0109. The van der Waals surface area contributed by atoms with Crippen LogP contribution in [-0.2, 0) is 0 Å². The van der Waals surface area contributed by atoms with Gasteiger partial charge in [0.05, 0.1) is 10.6 Å². The van der Waals surface area contributed by atoms with Crippen molar-refractivity contribution in [1.29, 1.82) is 0 Å². The largest absolute Gasteiger partial charge is 0.399 e. The Kier molecular flexibility index (Phi) is 4.04. The smallest absolute Gasteiger partial charge is 0.255 e. The van der Waals surface area contributed by atoms with E-state index in [1.54, 1.807) is 18.2 Å². The van der Waals surface area contributed by atoms with Crippen LogP contribution in [0.5, 0.6) is 0 Å². The van der Waals surface area contributed by atoms with Crippen molar-refractivity contribution >= 4 is 23.2 Å². The van der Waals surface area contributed by atoms with Gasteiger partial charge in [0.25, 0.3) is 5.91 Å². The van der Waals surface area contributed by atoms with Crippen LogP contribution in [0.2, 0.25) is 5.02 Å². The van der Waals surface area contributed by atoms with Crippen LogP contribution in [0.4, 0.5) is 5.69 Å². The summed E-state index contributed by atoms with van der Waals surface area (Å²) in [5.74, 6) is 1.02. The Hall–Kier alpha value is -1.22. The zero-order valence-electron chi connectivity index (χ0n) is 11.7. The summed E-state index contributed by atoms with van der Waals surface area (Å²) in [7, 11) is 0. The molecule has 2 N–H and O–H groups in total. The minimum Gasteiger partial charge on any atom is -0.399 e. The Morgan fingerprint density at radius 1 is 1.37 bits per heavy atom. The molecule has 0 aliphatic carbocycles. The molecular weight excluding hydrogens is 260 g/mol. The number of hydrogen-bond donors (Lipinski definition) is 1. The first-order chi connectivity index (χ1) is 8.90. The zero-order valence-corrected chi connectivity index (χ0v) is 12.4. The van der Waals surface area contributed by atoms with Crippen LogP contribution < -0.4 is 5.73 Å². The summed E-state index contributed by atoms with van der Waals surface area (Å²) in [5, 5.41) is 0.470. The van der Waals surface area contributed by atoms with Gasteiger partial charge in [-0.1, -0.05) is 25.4 Å². The highest BCUT2D eigenvalue weighted by Crippen LogP contribution is 2.30. The van der Waals surface area contributed by atoms with Crippen LogP contribution in [0, 0.1) is 11.8 Å². The van der Waals surface area contributed by atoms with Crippen molar-refractivity contribution < 1.29 is 4.79 Å². The average molecular weight is 281 g/mol. The zero-order chi connectivity index (χ0) is 14.2. The number of benzene rings is 1. The van der Waals surface area contributed by atoms with Gasteiger partial charge in [0.15, 0.2) is 0 Å². The quantitative estimate of drug-likeness (QED) is 0.801. The molecule has 104 valence electrons. The van der Waals surface area contributed by atoms with Gasteiger partial charge >= 0.3 is 0 Å². The fraction of sp³-hybridized carbons (Fsp3) is 0.533. The topological polar surface area (TPSA) is 46.3 Å². The highest BCUT2D eigenvalue weighted by molar-refractivity contribution is 6.34. The molecule has 1 saturated heterocycles. The number of likely N-dealkylation sites (tertiary alicyclic amines) is 1. The first kappa shape index (κ1) is 14.2. The second-order valence-corrected chi connectivity index (χ2v) is 6.16. The number of nitrogens with two attached hydrogens (primary N) is 1. The van der Waals surface area contributed by atoms with Gasteiger partial charge < -0.3 is 10.6 Å². The number of carbonyl (C=O) groups excluding carboxylic acids is 1. The second-order valence-electron chi connectivity index (χ2n) is 5.76. The van der Waals surface area contributed by atoms with Crippen molar-refractivity contribution in [2.75, 3.05) is 12.3 Å². The van der Waals surface area contributed by atoms with Gasteiger partial charge in [0, 0.05) is 18.3 Å². The van der Waals surface area contributed by atoms with Crippen LogP contribution in [0.3, 0.4) is 0 Å². The van der Waals surface area contributed by atoms with Gasteiger partial charge in [-0.05, 0) is 43.4 Å². The number of hydrogen-bond acceptors (Lipinski definition) is 2. The molecule has 3 nitrogen and oxygen atoms in total. The molecule has 1 heterocycles. The summed E-state index contributed by atoms with van der Waals surface area (Å²) in [5.41, 5.74) is 6.83. The van der Waals surface area contributed by atoms with Gasteiger partial charge in [-0.2, -0.15) is 0 Å². The number of carbonyl (C=O) groups is 1. The van der Waals surface area contributed by atoms with E-state index in [1.165, 1.54) is 0 Å². The lowest BCUT2D eigenvalue weighted by atomic mass is 9.85. The van der Waals surface area contributed by atoms with Gasteiger partial charge in [-0.15, -0.1) is 0 Å². The Morgan fingerprint density at radius 3 is 2.74 bits per heavy atom. The van der Waals surface area contributed by atoms with E-state index in [-0.39, 0.29) is 11.9 Å². The van der Waals surface area contributed by atoms with Gasteiger partial charge in [0.1, 0.15) is 0 Å². The molecule has 0 aromatic heterocycles. The molecule has 3 atom stereocenters. The Labute approximate surface area is 119 Å². The summed E-state index contributed by atoms with van der Waals surface area (Å²) < 4.78 is 0. The molecule has 1 aromatic carbocycles. The van der Waals surface area contributed by atoms with Gasteiger partial charge in [-0.25, -0.2) is 0 Å². The van der Waals surface area contributed by atoms with Crippen LogP contribution in [-0.4, -0.2) is 23.4 Å². The third-order valence-electron chi connectivity index (χ3n) is 4.08. The number of nitrogen functional groups attached to an aromatic ring is 1. The second kappa shape index (κ2) is 5.41. The number of amides is 1. The number of piperidine rings is 1. The highest BCUT2D eigenvalue weighted by atomic mass is 35.5. The number of rotatable bonds is 1. The fourth-order valence-corrected chi connectivity index (χ4v) is 3.04. The summed E-state index contributed by atoms with van der Waals surface area (Å²) in [6.45, 7) is 7.27. The number of halogens is 1. The van der Waals surface area contributed by atoms with E-state index in [0.29, 0.717) is 28.1 Å². The number of nitrogens with zero attached hydrogens (tertiary/aromatic N) is 1. The normalized spacial score (nSPS) is 27.4. The predicted octanol–water partition coefficient (Wildman–Crippen LogP) is 3.43. The lowest BCUT2D eigenvalue weighted by Gasteiger charge is -2.41. The van der Waals surface area contributed by atoms with Gasteiger partial charge in [0.2, 0.25) is 0 Å². The van der Waals surface area contributed by atoms with E-state index in [4.69, 9.17) is 17.3 Å². The number of anilines is 1. The Balaban J connectivity index is 2.30. The van der Waals surface area contributed by atoms with Gasteiger partial charge in [-0.3, -0.25) is 4.79 Å². The lowest BCUT2D eigenvalue weighted by Crippen LogP contribution is -2.48. The molecule has 3 unspecified atom stereocenters. The molecular formula is C15H21ClN2O. The molecule has 1 aromatic rings. The minimum atomic E-state index is -0.0109. The summed E-state index contributed by atoms with van der Waals surface area (Å²) in [6.07, 6.45) is 1.16. The third-order valence-corrected chi connectivity index (χ3v) is 4.41. The molecule has 0 spiro atoms. The standard InChI is InChI=1S/C15H21ClN2O/c1-9-6-10(2)11(3)18(8-9)15(19)13-7-12(17)4-5-14(13)16/h4-5,7,9-11H,6,8,17H2,1-3H3. The van der Waals surface area contributed by atoms with Crippen molar-refractivity contribution in [2.45, 2.75) is 33.2 Å². The molecule has 0 radical (unpaired) electrons. The van der Waals surface area contributed by atoms with Crippen LogP contribution in [0.25, 0.3) is 0 Å². The molecule has 0 bridgehead atoms. The van der Waals surface area contributed by atoms with Crippen molar-refractivity contribution in [3.8, 4) is 0 Å². The maximum atomic E-state index is 12.7. The SMILES string of the molecule is CC1CC(C)C(C)N(C(=O)c2cc(N)ccc2Cl)C1. The predicted molar refractivity (Wildman–Crippen MR) is 79.3 cm³/mol. The maximum Gasteiger partial charge on any atom is 0.255 e. The van der Waals surface area contributed by atoms with Crippen molar-refractivity contribution in [3.63, 3.8) is 0 Å². The summed E-state index contributed by atoms with van der Waals surface area (Å²) >= 11 is 6.13. The highest BCUT2D eigenvalue weighted by Gasteiger charge is 2.33. The molecule has 1 aliphatic heterocycles. The Morgan fingerprint density at radius 2 is 2.05 bits per heavy atom. The molecule has 2 rings (SSSR count). The Bertz CT molecular complexity index is 489. The third kappa shape index (κ3) is 2.86. The molecule has 1 amide bonds. The molecule has 1 aliphatic rings. The lowest BCUT2D eigenvalue weighted by molar-refractivity contribution is 0.0456. The van der Waals surface area contributed by atoms with E-state index in [0.717, 1.165) is 13.0 Å². The monoisotopic (exact) mass is 280 g/mol. The molecule has 19 heavy (non-hydrogen) atoms. The van der Waals surface area contributed by atoms with E-state index < -0.39 is 0 Å². The first-order valence-corrected chi connectivity index (χ1v) is 7.14. The fourth-order valence-electron chi connectivity index (χ4n) is 2.84. The van der Waals surface area contributed by atoms with Crippen LogP contribution >= 0.6 is 11.6 Å².